The molecule has 2 fully saturated rings. The summed E-state index contributed by atoms with van der Waals surface area (Å²) in [5.74, 6) is 0.599. The van der Waals surface area contributed by atoms with Crippen molar-refractivity contribution in [3.05, 3.63) is 65.7 Å². The first-order valence-corrected chi connectivity index (χ1v) is 15.2. The Balaban J connectivity index is 1.58. The Hall–Kier alpha value is -2.63. The third-order valence-electron chi connectivity index (χ3n) is 7.92. The number of sulfonamides is 1. The number of nitrogens with one attached hydrogen (secondary N) is 2. The fourth-order valence-electron chi connectivity index (χ4n) is 5.72. The number of hydrogen-bond donors (Lipinski definition) is 2. The van der Waals surface area contributed by atoms with Crippen LogP contribution in [0, 0.1) is 11.3 Å². The predicted octanol–water partition coefficient (Wildman–Crippen LogP) is 4.99. The number of carbonyl (C=O) groups is 1. The van der Waals surface area contributed by atoms with Crippen molar-refractivity contribution in [2.45, 2.75) is 57.6 Å². The average Bonchev–Trinajstić information content (AvgIpc) is 2.90. The molecule has 2 aromatic rings. The monoisotopic (exact) mass is 580 g/mol. The SMILES string of the molecule is CC(C)(C)C1CN(C(c2ccccc2)c2ccc(NS(=O)(=O)C(F)(F)F)cc2)CCN1C(=O)CC1CCNCC1. The van der Waals surface area contributed by atoms with E-state index in [1.807, 2.05) is 30.3 Å². The Morgan fingerprint density at radius 2 is 1.57 bits per heavy atom. The number of amides is 1. The van der Waals surface area contributed by atoms with Crippen LogP contribution in [-0.4, -0.2) is 68.4 Å². The standard InChI is InChI=1S/C29H39F3N4O3S/c1-28(2,3)25-20-35(17-18-36(25)26(37)19-21-13-15-33-16-14-21)27(22-7-5-4-6-8-22)23-9-11-24(12-10-23)34-40(38,39)29(30,31)32/h4-12,21,25,27,33-34H,13-20H2,1-3H3. The Labute approximate surface area is 235 Å². The minimum atomic E-state index is -5.51. The summed E-state index contributed by atoms with van der Waals surface area (Å²) in [6.07, 6.45) is 2.58. The van der Waals surface area contributed by atoms with Crippen molar-refractivity contribution in [2.24, 2.45) is 11.3 Å². The number of rotatable bonds is 7. The van der Waals surface area contributed by atoms with Gasteiger partial charge in [0, 0.05) is 37.8 Å². The first-order valence-electron chi connectivity index (χ1n) is 13.7. The minimum Gasteiger partial charge on any atom is -0.337 e. The van der Waals surface area contributed by atoms with E-state index in [2.05, 4.69) is 35.9 Å². The highest BCUT2D eigenvalue weighted by molar-refractivity contribution is 7.93. The zero-order valence-electron chi connectivity index (χ0n) is 23.2. The van der Waals surface area contributed by atoms with E-state index in [-0.39, 0.29) is 29.1 Å². The van der Waals surface area contributed by atoms with Gasteiger partial charge < -0.3 is 10.2 Å². The van der Waals surface area contributed by atoms with Crippen LogP contribution in [0.15, 0.2) is 54.6 Å². The van der Waals surface area contributed by atoms with E-state index in [0.29, 0.717) is 32.0 Å². The number of halogens is 3. The van der Waals surface area contributed by atoms with Gasteiger partial charge >= 0.3 is 15.5 Å². The molecule has 0 radical (unpaired) electrons. The summed E-state index contributed by atoms with van der Waals surface area (Å²) < 4.78 is 63.3. The third kappa shape index (κ3) is 7.16. The van der Waals surface area contributed by atoms with Crippen LogP contribution < -0.4 is 10.0 Å². The second-order valence-electron chi connectivity index (χ2n) is 11.8. The zero-order valence-corrected chi connectivity index (χ0v) is 24.1. The summed E-state index contributed by atoms with van der Waals surface area (Å²) >= 11 is 0. The van der Waals surface area contributed by atoms with Crippen LogP contribution in [0.25, 0.3) is 0 Å². The van der Waals surface area contributed by atoms with Crippen molar-refractivity contribution in [3.63, 3.8) is 0 Å². The van der Waals surface area contributed by atoms with Crippen molar-refractivity contribution in [3.8, 4) is 0 Å². The Kier molecular flexibility index (Phi) is 9.16. The second kappa shape index (κ2) is 12.1. The lowest BCUT2D eigenvalue weighted by atomic mass is 9.82. The van der Waals surface area contributed by atoms with Gasteiger partial charge in [0.2, 0.25) is 5.91 Å². The molecule has 2 aliphatic rings. The van der Waals surface area contributed by atoms with Gasteiger partial charge in [-0.25, -0.2) is 0 Å². The van der Waals surface area contributed by atoms with Crippen LogP contribution in [0.1, 0.15) is 57.2 Å². The topological polar surface area (TPSA) is 81.8 Å². The van der Waals surface area contributed by atoms with E-state index in [4.69, 9.17) is 0 Å². The van der Waals surface area contributed by atoms with Crippen LogP contribution in [0.4, 0.5) is 18.9 Å². The maximum absolute atomic E-state index is 13.5. The van der Waals surface area contributed by atoms with Crippen LogP contribution in [-0.2, 0) is 14.8 Å². The molecule has 0 aliphatic carbocycles. The smallest absolute Gasteiger partial charge is 0.337 e. The molecule has 40 heavy (non-hydrogen) atoms. The Bertz CT molecular complexity index is 1240. The van der Waals surface area contributed by atoms with Crippen molar-refractivity contribution in [2.75, 3.05) is 37.4 Å². The van der Waals surface area contributed by atoms with Crippen molar-refractivity contribution in [1.82, 2.24) is 15.1 Å². The quantitative estimate of drug-likeness (QED) is 0.483. The van der Waals surface area contributed by atoms with Gasteiger partial charge in [-0.3, -0.25) is 14.4 Å². The van der Waals surface area contributed by atoms with Gasteiger partial charge in [-0.05, 0) is 60.5 Å². The summed E-state index contributed by atoms with van der Waals surface area (Å²) in [4.78, 5) is 17.9. The van der Waals surface area contributed by atoms with E-state index < -0.39 is 15.5 Å². The lowest BCUT2D eigenvalue weighted by Gasteiger charge is -2.49. The minimum absolute atomic E-state index is 0.0282. The summed E-state index contributed by atoms with van der Waals surface area (Å²) in [6.45, 7) is 10.2. The molecule has 7 nitrogen and oxygen atoms in total. The molecule has 220 valence electrons. The molecule has 2 N–H and O–H groups in total. The number of piperidine rings is 1. The van der Waals surface area contributed by atoms with Gasteiger partial charge in [-0.15, -0.1) is 0 Å². The molecule has 4 rings (SSSR count). The molecule has 2 atom stereocenters. The van der Waals surface area contributed by atoms with E-state index >= 15 is 0 Å². The second-order valence-corrected chi connectivity index (χ2v) is 13.5. The van der Waals surface area contributed by atoms with Crippen molar-refractivity contribution in [1.29, 1.82) is 0 Å². The molecule has 1 amide bonds. The highest BCUT2D eigenvalue weighted by Crippen LogP contribution is 2.36. The van der Waals surface area contributed by atoms with Gasteiger partial charge in [0.15, 0.2) is 0 Å². The molecular formula is C29H39F3N4O3S. The average molecular weight is 581 g/mol. The predicted molar refractivity (Wildman–Crippen MR) is 150 cm³/mol. The van der Waals surface area contributed by atoms with Crippen LogP contribution in [0.2, 0.25) is 0 Å². The fourth-order valence-corrected chi connectivity index (χ4v) is 6.29. The normalized spacial score (nSPS) is 20.8. The van der Waals surface area contributed by atoms with Crippen LogP contribution in [0.3, 0.4) is 0 Å². The summed E-state index contributed by atoms with van der Waals surface area (Å²) in [5.41, 5.74) is -3.90. The number of anilines is 1. The molecule has 2 heterocycles. The number of hydrogen-bond acceptors (Lipinski definition) is 5. The first-order chi connectivity index (χ1) is 18.8. The number of nitrogens with zero attached hydrogens (tertiary/aromatic N) is 2. The Morgan fingerprint density at radius 3 is 2.15 bits per heavy atom. The maximum atomic E-state index is 13.5. The lowest BCUT2D eigenvalue weighted by Crippen LogP contribution is -2.60. The lowest BCUT2D eigenvalue weighted by molar-refractivity contribution is -0.141. The van der Waals surface area contributed by atoms with Crippen molar-refractivity contribution >= 4 is 21.6 Å². The molecule has 2 saturated heterocycles. The van der Waals surface area contributed by atoms with Crippen molar-refractivity contribution < 1.29 is 26.4 Å². The fraction of sp³-hybridized carbons (Fsp3) is 0.552. The van der Waals surface area contributed by atoms with Gasteiger partial charge in [-0.1, -0.05) is 63.2 Å². The largest absolute Gasteiger partial charge is 0.516 e. The van der Waals surface area contributed by atoms with Crippen LogP contribution >= 0.6 is 0 Å². The van der Waals surface area contributed by atoms with E-state index in [9.17, 15) is 26.4 Å². The highest BCUT2D eigenvalue weighted by atomic mass is 32.2. The molecule has 0 aromatic heterocycles. The molecule has 2 unspecified atom stereocenters. The molecule has 0 spiro atoms. The third-order valence-corrected chi connectivity index (χ3v) is 9.03. The summed E-state index contributed by atoms with van der Waals surface area (Å²) in [7, 11) is -5.51. The number of piperazine rings is 1. The zero-order chi connectivity index (χ0) is 29.1. The first kappa shape index (κ1) is 30.3. The molecular weight excluding hydrogens is 541 g/mol. The van der Waals surface area contributed by atoms with E-state index in [0.717, 1.165) is 37.1 Å². The van der Waals surface area contributed by atoms with Gasteiger partial charge in [0.05, 0.1) is 6.04 Å². The molecule has 0 saturated carbocycles. The molecule has 0 bridgehead atoms. The van der Waals surface area contributed by atoms with Gasteiger partial charge in [0.1, 0.15) is 0 Å². The maximum Gasteiger partial charge on any atom is 0.516 e. The number of carbonyl (C=O) groups excluding carboxylic acids is 1. The summed E-state index contributed by atoms with van der Waals surface area (Å²) in [6, 6.07) is 15.6. The Morgan fingerprint density at radius 1 is 0.975 bits per heavy atom. The van der Waals surface area contributed by atoms with E-state index in [1.165, 1.54) is 12.1 Å². The molecule has 2 aromatic carbocycles. The number of alkyl halides is 3. The number of benzene rings is 2. The molecule has 2 aliphatic heterocycles. The highest BCUT2D eigenvalue weighted by Gasteiger charge is 2.46. The van der Waals surface area contributed by atoms with E-state index in [1.54, 1.807) is 16.9 Å². The van der Waals surface area contributed by atoms with Gasteiger partial charge in [-0.2, -0.15) is 21.6 Å². The summed E-state index contributed by atoms with van der Waals surface area (Å²) in [5, 5.41) is 3.36. The molecule has 11 heteroatoms. The van der Waals surface area contributed by atoms with Crippen LogP contribution in [0.5, 0.6) is 0 Å². The van der Waals surface area contributed by atoms with Gasteiger partial charge in [0.25, 0.3) is 0 Å².